The first-order valence-electron chi connectivity index (χ1n) is 9.13. The third-order valence-corrected chi connectivity index (χ3v) is 4.69. The standard InChI is InChI=1S/C22H29N3O2/c1-14-7-9-19(10-8-14)23-22(27)18(5)25(6)13-20(26)24-21-16(3)11-15(2)12-17(21)4/h7-12,18H,13H2,1-6H3,(H,23,27)(H,24,26)/t18-/m1/s1. The number of nitrogens with one attached hydrogen (secondary N) is 2. The second kappa shape index (κ2) is 8.82. The molecule has 5 nitrogen and oxygen atoms in total. The van der Waals surface area contributed by atoms with Crippen LogP contribution in [-0.4, -0.2) is 36.3 Å². The van der Waals surface area contributed by atoms with E-state index >= 15 is 0 Å². The van der Waals surface area contributed by atoms with E-state index < -0.39 is 6.04 Å². The van der Waals surface area contributed by atoms with Crippen LogP contribution in [0.25, 0.3) is 0 Å². The SMILES string of the molecule is Cc1ccc(NC(=O)[C@@H](C)N(C)CC(=O)Nc2c(C)cc(C)cc2C)cc1. The molecule has 0 radical (unpaired) electrons. The number of aryl methyl sites for hydroxylation is 4. The molecule has 0 aromatic heterocycles. The van der Waals surface area contributed by atoms with Gasteiger partial charge in [-0.15, -0.1) is 0 Å². The van der Waals surface area contributed by atoms with Crippen molar-refractivity contribution in [2.45, 2.75) is 40.7 Å². The summed E-state index contributed by atoms with van der Waals surface area (Å²) in [6, 6.07) is 11.3. The van der Waals surface area contributed by atoms with E-state index in [2.05, 4.69) is 10.6 Å². The Bertz CT molecular complexity index is 805. The molecule has 27 heavy (non-hydrogen) atoms. The highest BCUT2D eigenvalue weighted by Gasteiger charge is 2.20. The number of anilines is 2. The number of nitrogens with zero attached hydrogens (tertiary/aromatic N) is 1. The molecule has 2 aromatic rings. The lowest BCUT2D eigenvalue weighted by atomic mass is 10.1. The molecule has 0 aliphatic heterocycles. The number of rotatable bonds is 6. The van der Waals surface area contributed by atoms with Gasteiger partial charge in [0.1, 0.15) is 0 Å². The van der Waals surface area contributed by atoms with Crippen LogP contribution in [0.5, 0.6) is 0 Å². The molecule has 0 fully saturated rings. The van der Waals surface area contributed by atoms with E-state index in [1.54, 1.807) is 18.9 Å². The van der Waals surface area contributed by atoms with Crippen molar-refractivity contribution in [2.75, 3.05) is 24.2 Å². The molecule has 0 bridgehead atoms. The number of carbonyl (C=O) groups excluding carboxylic acids is 2. The Morgan fingerprint density at radius 2 is 1.48 bits per heavy atom. The van der Waals surface area contributed by atoms with Gasteiger partial charge in [-0.05, 0) is 64.9 Å². The van der Waals surface area contributed by atoms with Crippen LogP contribution in [0.1, 0.15) is 29.2 Å². The van der Waals surface area contributed by atoms with E-state index in [-0.39, 0.29) is 18.4 Å². The van der Waals surface area contributed by atoms with Gasteiger partial charge in [-0.3, -0.25) is 14.5 Å². The first-order chi connectivity index (χ1) is 12.7. The Hall–Kier alpha value is -2.66. The maximum Gasteiger partial charge on any atom is 0.241 e. The van der Waals surface area contributed by atoms with Crippen LogP contribution in [0.15, 0.2) is 36.4 Å². The van der Waals surface area contributed by atoms with Crippen molar-refractivity contribution in [1.82, 2.24) is 4.90 Å². The van der Waals surface area contributed by atoms with Crippen LogP contribution in [0.3, 0.4) is 0 Å². The van der Waals surface area contributed by atoms with E-state index in [1.165, 1.54) is 5.56 Å². The molecular formula is C22H29N3O2. The normalized spacial score (nSPS) is 12.0. The summed E-state index contributed by atoms with van der Waals surface area (Å²) in [4.78, 5) is 26.6. The molecular weight excluding hydrogens is 338 g/mol. The Kier molecular flexibility index (Phi) is 6.75. The van der Waals surface area contributed by atoms with Crippen molar-refractivity contribution in [2.24, 2.45) is 0 Å². The average molecular weight is 367 g/mol. The summed E-state index contributed by atoms with van der Waals surface area (Å²) < 4.78 is 0. The van der Waals surface area contributed by atoms with Gasteiger partial charge in [-0.1, -0.05) is 35.4 Å². The summed E-state index contributed by atoms with van der Waals surface area (Å²) in [5.41, 5.74) is 5.97. The third-order valence-electron chi connectivity index (χ3n) is 4.69. The van der Waals surface area contributed by atoms with Gasteiger partial charge < -0.3 is 10.6 Å². The molecule has 0 spiro atoms. The molecule has 0 saturated heterocycles. The lowest BCUT2D eigenvalue weighted by Crippen LogP contribution is -2.43. The maximum atomic E-state index is 12.5. The van der Waals surface area contributed by atoms with Crippen LogP contribution in [0, 0.1) is 27.7 Å². The smallest absolute Gasteiger partial charge is 0.241 e. The minimum atomic E-state index is -0.433. The van der Waals surface area contributed by atoms with Crippen LogP contribution < -0.4 is 10.6 Å². The van der Waals surface area contributed by atoms with E-state index in [0.29, 0.717) is 0 Å². The van der Waals surface area contributed by atoms with E-state index in [1.807, 2.05) is 64.1 Å². The van der Waals surface area contributed by atoms with E-state index in [0.717, 1.165) is 28.1 Å². The molecule has 0 heterocycles. The van der Waals surface area contributed by atoms with Gasteiger partial charge in [0.2, 0.25) is 11.8 Å². The number of likely N-dealkylation sites (N-methyl/N-ethyl adjacent to an activating group) is 1. The number of benzene rings is 2. The molecule has 2 aromatic carbocycles. The Balaban J connectivity index is 1.95. The number of carbonyl (C=O) groups is 2. The van der Waals surface area contributed by atoms with Crippen LogP contribution >= 0.6 is 0 Å². The second-order valence-corrected chi connectivity index (χ2v) is 7.27. The minimum absolute atomic E-state index is 0.134. The fourth-order valence-corrected chi connectivity index (χ4v) is 3.00. The largest absolute Gasteiger partial charge is 0.325 e. The number of amides is 2. The maximum absolute atomic E-state index is 12.5. The lowest BCUT2D eigenvalue weighted by Gasteiger charge is -2.24. The van der Waals surface area contributed by atoms with Gasteiger partial charge >= 0.3 is 0 Å². The summed E-state index contributed by atoms with van der Waals surface area (Å²) in [6.07, 6.45) is 0. The average Bonchev–Trinajstić information content (AvgIpc) is 2.59. The van der Waals surface area contributed by atoms with Crippen LogP contribution in [-0.2, 0) is 9.59 Å². The van der Waals surface area contributed by atoms with Gasteiger partial charge in [0.15, 0.2) is 0 Å². The van der Waals surface area contributed by atoms with Crippen molar-refractivity contribution < 1.29 is 9.59 Å². The molecule has 1 atom stereocenters. The first-order valence-corrected chi connectivity index (χ1v) is 9.13. The highest BCUT2D eigenvalue weighted by molar-refractivity contribution is 5.96. The molecule has 0 aliphatic rings. The lowest BCUT2D eigenvalue weighted by molar-refractivity contribution is -0.122. The van der Waals surface area contributed by atoms with Gasteiger partial charge in [-0.2, -0.15) is 0 Å². The summed E-state index contributed by atoms with van der Waals surface area (Å²) >= 11 is 0. The fourth-order valence-electron chi connectivity index (χ4n) is 3.00. The summed E-state index contributed by atoms with van der Waals surface area (Å²) in [7, 11) is 1.77. The quantitative estimate of drug-likeness (QED) is 0.816. The van der Waals surface area contributed by atoms with Crippen molar-refractivity contribution >= 4 is 23.2 Å². The Morgan fingerprint density at radius 3 is 2.04 bits per heavy atom. The summed E-state index contributed by atoms with van der Waals surface area (Å²) in [6.45, 7) is 9.92. The zero-order chi connectivity index (χ0) is 20.1. The number of hydrogen-bond acceptors (Lipinski definition) is 3. The fraction of sp³-hybridized carbons (Fsp3) is 0.364. The van der Waals surface area contributed by atoms with Crippen molar-refractivity contribution in [1.29, 1.82) is 0 Å². The van der Waals surface area contributed by atoms with Gasteiger partial charge in [0, 0.05) is 11.4 Å². The molecule has 0 aliphatic carbocycles. The minimum Gasteiger partial charge on any atom is -0.325 e. The topological polar surface area (TPSA) is 61.4 Å². The summed E-state index contributed by atoms with van der Waals surface area (Å²) in [5, 5.41) is 5.86. The van der Waals surface area contributed by atoms with Crippen molar-refractivity contribution in [3.8, 4) is 0 Å². The van der Waals surface area contributed by atoms with Crippen molar-refractivity contribution in [3.63, 3.8) is 0 Å². The van der Waals surface area contributed by atoms with Crippen LogP contribution in [0.2, 0.25) is 0 Å². The Morgan fingerprint density at radius 1 is 0.926 bits per heavy atom. The molecule has 2 N–H and O–H groups in total. The predicted octanol–water partition coefficient (Wildman–Crippen LogP) is 3.82. The Labute approximate surface area is 161 Å². The van der Waals surface area contributed by atoms with E-state index in [9.17, 15) is 9.59 Å². The zero-order valence-corrected chi connectivity index (χ0v) is 17.0. The second-order valence-electron chi connectivity index (χ2n) is 7.27. The van der Waals surface area contributed by atoms with Gasteiger partial charge in [-0.25, -0.2) is 0 Å². The summed E-state index contributed by atoms with van der Waals surface area (Å²) in [5.74, 6) is -0.278. The highest BCUT2D eigenvalue weighted by Crippen LogP contribution is 2.21. The monoisotopic (exact) mass is 367 g/mol. The number of hydrogen-bond donors (Lipinski definition) is 2. The van der Waals surface area contributed by atoms with Gasteiger partial charge in [0.05, 0.1) is 12.6 Å². The molecule has 144 valence electrons. The predicted molar refractivity (Wildman–Crippen MR) is 111 cm³/mol. The van der Waals surface area contributed by atoms with Crippen LogP contribution in [0.4, 0.5) is 11.4 Å². The molecule has 2 rings (SSSR count). The molecule has 0 unspecified atom stereocenters. The van der Waals surface area contributed by atoms with Gasteiger partial charge in [0.25, 0.3) is 0 Å². The molecule has 0 saturated carbocycles. The van der Waals surface area contributed by atoms with Crippen molar-refractivity contribution in [3.05, 3.63) is 58.7 Å². The zero-order valence-electron chi connectivity index (χ0n) is 17.0. The molecule has 2 amide bonds. The van der Waals surface area contributed by atoms with E-state index in [4.69, 9.17) is 0 Å². The highest BCUT2D eigenvalue weighted by atomic mass is 16.2. The molecule has 5 heteroatoms. The third kappa shape index (κ3) is 5.66. The first kappa shape index (κ1) is 20.6.